The number of benzene rings is 2. The molecule has 2 aromatic carbocycles. The Bertz CT molecular complexity index is 897. The van der Waals surface area contributed by atoms with Crippen LogP contribution in [0.15, 0.2) is 42.5 Å². The predicted molar refractivity (Wildman–Crippen MR) is 101 cm³/mol. The van der Waals surface area contributed by atoms with Crippen molar-refractivity contribution < 1.29 is 22.8 Å². The third-order valence-corrected chi connectivity index (χ3v) is 4.53. The van der Waals surface area contributed by atoms with Crippen molar-refractivity contribution in [2.75, 3.05) is 22.1 Å². The normalized spacial score (nSPS) is 14.7. The highest BCUT2D eigenvalue weighted by atomic mass is 19.4. The Kier molecular flexibility index (Phi) is 5.58. The number of nitrogens with zero attached hydrogens (tertiary/aromatic N) is 1. The van der Waals surface area contributed by atoms with Crippen LogP contribution in [-0.4, -0.2) is 18.5 Å². The first kappa shape index (κ1) is 19.7. The van der Waals surface area contributed by atoms with Gasteiger partial charge in [0.2, 0.25) is 5.91 Å². The maximum Gasteiger partial charge on any atom is 0.416 e. The molecule has 2 N–H and O–H groups in total. The standard InChI is InChI=1S/C20H20F3N3O2/c1-13-8-9-16(12-17(13)26-10-3-2-7-18(26)27)25-19(28)24-15-6-4-5-14(11-15)20(21,22)23/h4-6,8-9,11-12H,2-3,7,10H2,1H3,(H2,24,25,28). The molecule has 0 radical (unpaired) electrons. The third kappa shape index (κ3) is 4.62. The second kappa shape index (κ2) is 7.92. The van der Waals surface area contributed by atoms with Crippen LogP contribution in [0.5, 0.6) is 0 Å². The Morgan fingerprint density at radius 2 is 1.75 bits per heavy atom. The number of carbonyl (C=O) groups is 2. The number of piperidine rings is 1. The fraction of sp³-hybridized carbons (Fsp3) is 0.300. The first-order valence-electron chi connectivity index (χ1n) is 8.90. The average Bonchev–Trinajstić information content (AvgIpc) is 2.63. The third-order valence-electron chi connectivity index (χ3n) is 4.53. The molecule has 0 saturated carbocycles. The summed E-state index contributed by atoms with van der Waals surface area (Å²) in [7, 11) is 0. The molecule has 0 spiro atoms. The maximum absolute atomic E-state index is 12.8. The zero-order valence-corrected chi connectivity index (χ0v) is 15.3. The Balaban J connectivity index is 1.72. The van der Waals surface area contributed by atoms with Gasteiger partial charge in [-0.3, -0.25) is 4.79 Å². The number of anilines is 3. The second-order valence-electron chi connectivity index (χ2n) is 6.66. The monoisotopic (exact) mass is 391 g/mol. The minimum atomic E-state index is -4.49. The SMILES string of the molecule is Cc1ccc(NC(=O)Nc2cccc(C(F)(F)F)c2)cc1N1CCCCC1=O. The van der Waals surface area contributed by atoms with Gasteiger partial charge in [0.25, 0.3) is 0 Å². The van der Waals surface area contributed by atoms with Crippen molar-refractivity contribution >= 4 is 29.0 Å². The Hall–Kier alpha value is -3.03. The van der Waals surface area contributed by atoms with E-state index in [0.29, 0.717) is 18.7 Å². The molecule has 8 heteroatoms. The van der Waals surface area contributed by atoms with Crippen LogP contribution in [-0.2, 0) is 11.0 Å². The summed E-state index contributed by atoms with van der Waals surface area (Å²) in [6, 6.07) is 8.91. The fourth-order valence-corrected chi connectivity index (χ4v) is 3.11. The smallest absolute Gasteiger partial charge is 0.312 e. The molecule has 1 aliphatic rings. The molecule has 1 heterocycles. The molecular formula is C20H20F3N3O2. The van der Waals surface area contributed by atoms with E-state index in [4.69, 9.17) is 0 Å². The molecule has 28 heavy (non-hydrogen) atoms. The highest BCUT2D eigenvalue weighted by molar-refractivity contribution is 6.01. The van der Waals surface area contributed by atoms with E-state index in [2.05, 4.69) is 10.6 Å². The lowest BCUT2D eigenvalue weighted by Gasteiger charge is -2.28. The fourth-order valence-electron chi connectivity index (χ4n) is 3.11. The zero-order valence-electron chi connectivity index (χ0n) is 15.3. The van der Waals surface area contributed by atoms with Gasteiger partial charge in [0, 0.05) is 30.0 Å². The van der Waals surface area contributed by atoms with Crippen LogP contribution in [0.25, 0.3) is 0 Å². The first-order valence-corrected chi connectivity index (χ1v) is 8.90. The highest BCUT2D eigenvalue weighted by Crippen LogP contribution is 2.31. The summed E-state index contributed by atoms with van der Waals surface area (Å²) >= 11 is 0. The summed E-state index contributed by atoms with van der Waals surface area (Å²) < 4.78 is 38.3. The van der Waals surface area contributed by atoms with Gasteiger partial charge in [-0.25, -0.2) is 4.79 Å². The number of hydrogen-bond donors (Lipinski definition) is 2. The van der Waals surface area contributed by atoms with E-state index < -0.39 is 17.8 Å². The summed E-state index contributed by atoms with van der Waals surface area (Å²) in [5.41, 5.74) is 1.27. The van der Waals surface area contributed by atoms with Gasteiger partial charge in [-0.05, 0) is 55.7 Å². The number of rotatable bonds is 3. The van der Waals surface area contributed by atoms with Crippen molar-refractivity contribution in [1.29, 1.82) is 0 Å². The Labute approximate surface area is 160 Å². The summed E-state index contributed by atoms with van der Waals surface area (Å²) in [4.78, 5) is 26.1. The number of hydrogen-bond acceptors (Lipinski definition) is 2. The van der Waals surface area contributed by atoms with Crippen LogP contribution in [0.2, 0.25) is 0 Å². The Morgan fingerprint density at radius 3 is 2.43 bits per heavy atom. The summed E-state index contributed by atoms with van der Waals surface area (Å²) in [6.45, 7) is 2.50. The van der Waals surface area contributed by atoms with Crippen LogP contribution in [0.4, 0.5) is 35.0 Å². The number of nitrogens with one attached hydrogen (secondary N) is 2. The van der Waals surface area contributed by atoms with Gasteiger partial charge in [-0.1, -0.05) is 12.1 Å². The van der Waals surface area contributed by atoms with E-state index >= 15 is 0 Å². The lowest BCUT2D eigenvalue weighted by Crippen LogP contribution is -2.35. The van der Waals surface area contributed by atoms with Crippen LogP contribution in [0, 0.1) is 6.92 Å². The molecule has 2 aromatic rings. The van der Waals surface area contributed by atoms with E-state index in [9.17, 15) is 22.8 Å². The largest absolute Gasteiger partial charge is 0.416 e. The lowest BCUT2D eigenvalue weighted by atomic mass is 10.1. The number of aryl methyl sites for hydroxylation is 1. The maximum atomic E-state index is 12.8. The van der Waals surface area contributed by atoms with E-state index in [1.54, 1.807) is 23.1 Å². The summed E-state index contributed by atoms with van der Waals surface area (Å²) in [5, 5.41) is 5.00. The summed E-state index contributed by atoms with van der Waals surface area (Å²) in [6.07, 6.45) is -2.21. The second-order valence-corrected chi connectivity index (χ2v) is 6.66. The zero-order chi connectivity index (χ0) is 20.3. The minimum absolute atomic E-state index is 0.0332. The van der Waals surface area contributed by atoms with Crippen molar-refractivity contribution in [2.45, 2.75) is 32.4 Å². The molecule has 1 fully saturated rings. The van der Waals surface area contributed by atoms with Gasteiger partial charge >= 0.3 is 12.2 Å². The van der Waals surface area contributed by atoms with E-state index in [0.717, 1.165) is 36.2 Å². The molecule has 0 aromatic heterocycles. The quantitative estimate of drug-likeness (QED) is 0.758. The Morgan fingerprint density at radius 1 is 1.04 bits per heavy atom. The molecule has 3 amide bonds. The average molecular weight is 391 g/mol. The van der Waals surface area contributed by atoms with Crippen LogP contribution >= 0.6 is 0 Å². The van der Waals surface area contributed by atoms with Crippen molar-refractivity contribution in [3.8, 4) is 0 Å². The first-order chi connectivity index (χ1) is 13.2. The molecule has 0 aliphatic carbocycles. The minimum Gasteiger partial charge on any atom is -0.312 e. The molecule has 3 rings (SSSR count). The number of amides is 3. The van der Waals surface area contributed by atoms with Crippen molar-refractivity contribution in [2.24, 2.45) is 0 Å². The summed E-state index contributed by atoms with van der Waals surface area (Å²) in [5.74, 6) is 0.0416. The van der Waals surface area contributed by atoms with E-state index in [1.807, 2.05) is 6.92 Å². The van der Waals surface area contributed by atoms with E-state index in [1.165, 1.54) is 12.1 Å². The van der Waals surface area contributed by atoms with Crippen molar-refractivity contribution in [3.05, 3.63) is 53.6 Å². The molecule has 1 aliphatic heterocycles. The van der Waals surface area contributed by atoms with Gasteiger partial charge in [0.1, 0.15) is 0 Å². The van der Waals surface area contributed by atoms with Gasteiger partial charge in [-0.15, -0.1) is 0 Å². The van der Waals surface area contributed by atoms with Crippen LogP contribution in [0.1, 0.15) is 30.4 Å². The number of alkyl halides is 3. The molecule has 0 bridgehead atoms. The van der Waals surface area contributed by atoms with Crippen molar-refractivity contribution in [1.82, 2.24) is 0 Å². The van der Waals surface area contributed by atoms with Gasteiger partial charge in [0.15, 0.2) is 0 Å². The predicted octanol–water partition coefficient (Wildman–Crippen LogP) is 5.17. The van der Waals surface area contributed by atoms with Crippen LogP contribution < -0.4 is 15.5 Å². The molecule has 0 unspecified atom stereocenters. The number of halogens is 3. The molecule has 0 atom stereocenters. The van der Waals surface area contributed by atoms with Gasteiger partial charge < -0.3 is 15.5 Å². The van der Waals surface area contributed by atoms with Gasteiger partial charge in [-0.2, -0.15) is 13.2 Å². The van der Waals surface area contributed by atoms with Crippen molar-refractivity contribution in [3.63, 3.8) is 0 Å². The lowest BCUT2D eigenvalue weighted by molar-refractivity contribution is -0.137. The van der Waals surface area contributed by atoms with E-state index in [-0.39, 0.29) is 11.6 Å². The molecule has 1 saturated heterocycles. The molecule has 148 valence electrons. The van der Waals surface area contributed by atoms with Crippen LogP contribution in [0.3, 0.4) is 0 Å². The topological polar surface area (TPSA) is 61.4 Å². The highest BCUT2D eigenvalue weighted by Gasteiger charge is 2.30. The molecule has 5 nitrogen and oxygen atoms in total. The van der Waals surface area contributed by atoms with Gasteiger partial charge in [0.05, 0.1) is 5.56 Å². The number of carbonyl (C=O) groups excluding carboxylic acids is 2. The number of urea groups is 1. The molecular weight excluding hydrogens is 371 g/mol.